The monoisotopic (exact) mass is 262 g/mol. The van der Waals surface area contributed by atoms with Gasteiger partial charge in [-0.15, -0.1) is 0 Å². The normalized spacial score (nSPS) is 22.3. The number of ether oxygens (including phenoxy) is 1. The molecule has 2 N–H and O–H groups in total. The molecule has 0 bridgehead atoms. The van der Waals surface area contributed by atoms with Crippen LogP contribution in [0.15, 0.2) is 33.5 Å². The molecule has 0 aliphatic carbocycles. The van der Waals surface area contributed by atoms with Gasteiger partial charge in [0.2, 0.25) is 0 Å². The summed E-state index contributed by atoms with van der Waals surface area (Å²) in [6.07, 6.45) is -1.66. The Hall–Kier alpha value is -1.85. The molecule has 5 heteroatoms. The highest BCUT2D eigenvalue weighted by Crippen LogP contribution is 2.42. The fourth-order valence-electron chi connectivity index (χ4n) is 2.34. The third kappa shape index (κ3) is 1.91. The van der Waals surface area contributed by atoms with E-state index in [1.54, 1.807) is 32.0 Å². The summed E-state index contributed by atoms with van der Waals surface area (Å²) >= 11 is 0. The Balaban J connectivity index is 2.15. The second kappa shape index (κ2) is 3.82. The zero-order chi connectivity index (χ0) is 13.8. The lowest BCUT2D eigenvalue weighted by atomic mass is 9.94. The molecule has 100 valence electrons. The highest BCUT2D eigenvalue weighted by Gasteiger charge is 2.42. The molecule has 2 atom stereocenters. The molecule has 0 amide bonds. The van der Waals surface area contributed by atoms with Crippen molar-refractivity contribution in [3.8, 4) is 5.75 Å². The van der Waals surface area contributed by atoms with E-state index < -0.39 is 23.4 Å². The molecule has 2 heterocycles. The SMILES string of the molecule is CC(C)(O)[C@@H]1Oc2cc3oc(=O)ccc3cc2[C@H]1O. The first-order valence-corrected chi connectivity index (χ1v) is 6.01. The molecule has 2 aromatic rings. The summed E-state index contributed by atoms with van der Waals surface area (Å²) in [4.78, 5) is 11.2. The minimum atomic E-state index is -1.18. The van der Waals surface area contributed by atoms with Crippen molar-refractivity contribution in [2.45, 2.75) is 31.7 Å². The fraction of sp³-hybridized carbons (Fsp3) is 0.357. The van der Waals surface area contributed by atoms with Gasteiger partial charge in [-0.1, -0.05) is 0 Å². The van der Waals surface area contributed by atoms with Gasteiger partial charge in [0.15, 0.2) is 6.10 Å². The first-order valence-electron chi connectivity index (χ1n) is 6.01. The van der Waals surface area contributed by atoms with Crippen molar-refractivity contribution in [3.05, 3.63) is 40.2 Å². The molecular formula is C14H14O5. The smallest absolute Gasteiger partial charge is 0.336 e. The average molecular weight is 262 g/mol. The van der Waals surface area contributed by atoms with Crippen LogP contribution in [0.25, 0.3) is 11.0 Å². The van der Waals surface area contributed by atoms with Crippen LogP contribution in [0.5, 0.6) is 5.75 Å². The number of rotatable bonds is 1. The van der Waals surface area contributed by atoms with E-state index in [1.165, 1.54) is 6.07 Å². The van der Waals surface area contributed by atoms with Crippen LogP contribution in [0.2, 0.25) is 0 Å². The quantitative estimate of drug-likeness (QED) is 0.758. The molecule has 0 saturated carbocycles. The zero-order valence-electron chi connectivity index (χ0n) is 10.6. The van der Waals surface area contributed by atoms with E-state index in [1.807, 2.05) is 0 Å². The molecule has 1 aliphatic heterocycles. The lowest BCUT2D eigenvalue weighted by Gasteiger charge is -2.27. The van der Waals surface area contributed by atoms with Gasteiger partial charge in [0, 0.05) is 23.1 Å². The van der Waals surface area contributed by atoms with Crippen molar-refractivity contribution in [2.75, 3.05) is 0 Å². The summed E-state index contributed by atoms with van der Waals surface area (Å²) in [5.41, 5.74) is -0.626. The van der Waals surface area contributed by atoms with Crippen molar-refractivity contribution in [2.24, 2.45) is 0 Å². The van der Waals surface area contributed by atoms with Gasteiger partial charge in [-0.2, -0.15) is 0 Å². The van der Waals surface area contributed by atoms with E-state index in [0.717, 1.165) is 0 Å². The van der Waals surface area contributed by atoms with Gasteiger partial charge in [-0.25, -0.2) is 4.79 Å². The molecule has 0 spiro atoms. The number of hydrogen-bond donors (Lipinski definition) is 2. The molecule has 1 aromatic carbocycles. The van der Waals surface area contributed by atoms with Crippen LogP contribution >= 0.6 is 0 Å². The second-order valence-electron chi connectivity index (χ2n) is 5.32. The molecule has 3 rings (SSSR count). The van der Waals surface area contributed by atoms with Crippen LogP contribution in [-0.4, -0.2) is 21.9 Å². The molecule has 0 saturated heterocycles. The molecule has 0 fully saturated rings. The summed E-state index contributed by atoms with van der Waals surface area (Å²) < 4.78 is 10.6. The van der Waals surface area contributed by atoms with Gasteiger partial charge in [-0.05, 0) is 26.0 Å². The van der Waals surface area contributed by atoms with Gasteiger partial charge >= 0.3 is 5.63 Å². The van der Waals surface area contributed by atoms with E-state index in [9.17, 15) is 15.0 Å². The summed E-state index contributed by atoms with van der Waals surface area (Å²) in [6.45, 7) is 3.15. The summed E-state index contributed by atoms with van der Waals surface area (Å²) in [5, 5.41) is 20.9. The Morgan fingerprint density at radius 3 is 2.68 bits per heavy atom. The fourth-order valence-corrected chi connectivity index (χ4v) is 2.34. The number of benzene rings is 1. The third-order valence-corrected chi connectivity index (χ3v) is 3.31. The second-order valence-corrected chi connectivity index (χ2v) is 5.32. The average Bonchev–Trinajstić information content (AvgIpc) is 2.63. The maximum Gasteiger partial charge on any atom is 0.336 e. The number of fused-ring (bicyclic) bond motifs is 2. The van der Waals surface area contributed by atoms with Crippen LogP contribution in [0, 0.1) is 0 Å². The van der Waals surface area contributed by atoms with Gasteiger partial charge in [0.1, 0.15) is 17.4 Å². The van der Waals surface area contributed by atoms with Crippen LogP contribution in [0.3, 0.4) is 0 Å². The van der Waals surface area contributed by atoms with Crippen LogP contribution in [0.1, 0.15) is 25.5 Å². The lowest BCUT2D eigenvalue weighted by Crippen LogP contribution is -2.41. The van der Waals surface area contributed by atoms with Crippen LogP contribution in [-0.2, 0) is 0 Å². The standard InChI is InChI=1S/C14H14O5/c1-14(2,17)13-12(16)8-5-7-3-4-11(15)18-9(7)6-10(8)19-13/h3-6,12-13,16-17H,1-2H3/t12-,13-/m1/s1. The molecule has 0 unspecified atom stereocenters. The number of hydrogen-bond acceptors (Lipinski definition) is 5. The van der Waals surface area contributed by atoms with Crippen molar-refractivity contribution in [3.63, 3.8) is 0 Å². The first kappa shape index (κ1) is 12.2. The third-order valence-electron chi connectivity index (χ3n) is 3.31. The highest BCUT2D eigenvalue weighted by molar-refractivity contribution is 5.80. The number of aliphatic hydroxyl groups is 2. The highest BCUT2D eigenvalue weighted by atomic mass is 16.5. The zero-order valence-corrected chi connectivity index (χ0v) is 10.6. The lowest BCUT2D eigenvalue weighted by molar-refractivity contribution is -0.0762. The van der Waals surface area contributed by atoms with E-state index in [4.69, 9.17) is 9.15 Å². The Morgan fingerprint density at radius 1 is 1.26 bits per heavy atom. The van der Waals surface area contributed by atoms with E-state index in [0.29, 0.717) is 22.3 Å². The summed E-state index contributed by atoms with van der Waals surface area (Å²) in [5.74, 6) is 0.432. The maximum absolute atomic E-state index is 11.2. The minimum Gasteiger partial charge on any atom is -0.484 e. The van der Waals surface area contributed by atoms with E-state index in [-0.39, 0.29) is 0 Å². The maximum atomic E-state index is 11.2. The summed E-state index contributed by atoms with van der Waals surface area (Å²) in [6, 6.07) is 6.24. The van der Waals surface area contributed by atoms with Gasteiger partial charge in [0.05, 0.1) is 5.60 Å². The number of aliphatic hydroxyl groups excluding tert-OH is 1. The molecule has 5 nitrogen and oxygen atoms in total. The van der Waals surface area contributed by atoms with Crippen LogP contribution < -0.4 is 10.4 Å². The molecule has 1 aliphatic rings. The molecule has 19 heavy (non-hydrogen) atoms. The Bertz CT molecular complexity index is 695. The van der Waals surface area contributed by atoms with Crippen molar-refractivity contribution in [1.82, 2.24) is 0 Å². The Kier molecular flexibility index (Phi) is 2.45. The summed E-state index contributed by atoms with van der Waals surface area (Å²) in [7, 11) is 0. The predicted molar refractivity (Wildman–Crippen MR) is 68.2 cm³/mol. The topological polar surface area (TPSA) is 79.9 Å². The first-order chi connectivity index (χ1) is 8.86. The van der Waals surface area contributed by atoms with Gasteiger partial charge in [0.25, 0.3) is 0 Å². The Labute approximate surface area is 109 Å². The van der Waals surface area contributed by atoms with Gasteiger partial charge in [-0.3, -0.25) is 0 Å². The van der Waals surface area contributed by atoms with Gasteiger partial charge < -0.3 is 19.4 Å². The van der Waals surface area contributed by atoms with Crippen molar-refractivity contribution >= 4 is 11.0 Å². The molecule has 1 aromatic heterocycles. The Morgan fingerprint density at radius 2 is 2.00 bits per heavy atom. The van der Waals surface area contributed by atoms with Crippen molar-refractivity contribution in [1.29, 1.82) is 0 Å². The van der Waals surface area contributed by atoms with Crippen molar-refractivity contribution < 1.29 is 19.4 Å². The minimum absolute atomic E-state index is 0.398. The molecule has 0 radical (unpaired) electrons. The van der Waals surface area contributed by atoms with Crippen LogP contribution in [0.4, 0.5) is 0 Å². The van der Waals surface area contributed by atoms with E-state index in [2.05, 4.69) is 0 Å². The predicted octanol–water partition coefficient (Wildman–Crippen LogP) is 1.36. The molecular weight excluding hydrogens is 248 g/mol. The van der Waals surface area contributed by atoms with E-state index >= 15 is 0 Å². The largest absolute Gasteiger partial charge is 0.484 e.